The molecule has 1 aliphatic heterocycles. The number of piperazine rings is 1. The first-order chi connectivity index (χ1) is 12.0. The van der Waals surface area contributed by atoms with Gasteiger partial charge in [-0.2, -0.15) is 5.26 Å². The van der Waals surface area contributed by atoms with Gasteiger partial charge in [-0.3, -0.25) is 4.79 Å². The molecule has 2 aromatic rings. The highest BCUT2D eigenvalue weighted by molar-refractivity contribution is 9.10. The van der Waals surface area contributed by atoms with E-state index in [1.54, 1.807) is 22.1 Å². The van der Waals surface area contributed by atoms with Crippen molar-refractivity contribution in [2.45, 2.75) is 6.54 Å². The molecular formula is C17H13BrF2N4O. The van der Waals surface area contributed by atoms with Crippen LogP contribution in [-0.2, 0) is 11.3 Å². The molecular weight excluding hydrogens is 394 g/mol. The van der Waals surface area contributed by atoms with E-state index in [1.165, 1.54) is 6.07 Å². The van der Waals surface area contributed by atoms with Crippen molar-refractivity contribution in [3.63, 3.8) is 0 Å². The van der Waals surface area contributed by atoms with Crippen molar-refractivity contribution in [2.24, 2.45) is 0 Å². The van der Waals surface area contributed by atoms with E-state index in [0.29, 0.717) is 34.5 Å². The zero-order valence-electron chi connectivity index (χ0n) is 13.0. The zero-order chi connectivity index (χ0) is 18.0. The molecule has 1 saturated heterocycles. The lowest BCUT2D eigenvalue weighted by molar-refractivity contribution is -0.131. The minimum atomic E-state index is -0.929. The average Bonchev–Trinajstić information content (AvgIpc) is 2.60. The van der Waals surface area contributed by atoms with E-state index in [-0.39, 0.29) is 19.0 Å². The van der Waals surface area contributed by atoms with E-state index in [9.17, 15) is 18.8 Å². The first-order valence-electron chi connectivity index (χ1n) is 7.50. The molecule has 1 aromatic heterocycles. The maximum Gasteiger partial charge on any atom is 0.242 e. The van der Waals surface area contributed by atoms with E-state index in [4.69, 9.17) is 0 Å². The molecule has 2 heterocycles. The van der Waals surface area contributed by atoms with E-state index < -0.39 is 11.6 Å². The largest absolute Gasteiger partial charge is 0.344 e. The van der Waals surface area contributed by atoms with Gasteiger partial charge in [-0.05, 0) is 39.7 Å². The summed E-state index contributed by atoms with van der Waals surface area (Å²) in [5.74, 6) is -1.54. The smallest absolute Gasteiger partial charge is 0.242 e. The Balaban J connectivity index is 1.72. The summed E-state index contributed by atoms with van der Waals surface area (Å²) < 4.78 is 27.0. The van der Waals surface area contributed by atoms with E-state index in [2.05, 4.69) is 27.0 Å². The van der Waals surface area contributed by atoms with Gasteiger partial charge in [0.2, 0.25) is 5.91 Å². The first-order valence-corrected chi connectivity index (χ1v) is 8.29. The van der Waals surface area contributed by atoms with E-state index >= 15 is 0 Å². The van der Waals surface area contributed by atoms with Gasteiger partial charge in [0.25, 0.3) is 0 Å². The third kappa shape index (κ3) is 3.77. The molecule has 0 unspecified atom stereocenters. The van der Waals surface area contributed by atoms with Crippen molar-refractivity contribution in [2.75, 3.05) is 24.5 Å². The van der Waals surface area contributed by atoms with Gasteiger partial charge >= 0.3 is 0 Å². The fraction of sp³-hybridized carbons (Fsp3) is 0.235. The lowest BCUT2D eigenvalue weighted by atomic mass is 10.1. The molecule has 8 heteroatoms. The van der Waals surface area contributed by atoms with Crippen LogP contribution >= 0.6 is 15.9 Å². The molecule has 1 aliphatic rings. The average molecular weight is 407 g/mol. The number of hydrogen-bond donors (Lipinski definition) is 0. The highest BCUT2D eigenvalue weighted by Crippen LogP contribution is 2.23. The molecule has 0 bridgehead atoms. The number of aromatic nitrogens is 1. The van der Waals surface area contributed by atoms with Crippen molar-refractivity contribution in [3.8, 4) is 6.07 Å². The predicted molar refractivity (Wildman–Crippen MR) is 90.6 cm³/mol. The second-order valence-electron chi connectivity index (χ2n) is 5.62. The fourth-order valence-corrected chi connectivity index (χ4v) is 3.01. The molecule has 0 saturated carbocycles. The monoisotopic (exact) mass is 406 g/mol. The third-order valence-corrected chi connectivity index (χ3v) is 4.36. The second kappa shape index (κ2) is 7.15. The van der Waals surface area contributed by atoms with Crippen molar-refractivity contribution in [1.82, 2.24) is 9.88 Å². The van der Waals surface area contributed by atoms with Crippen LogP contribution in [0.15, 0.2) is 34.9 Å². The number of halogens is 3. The third-order valence-electron chi connectivity index (χ3n) is 3.93. The highest BCUT2D eigenvalue weighted by atomic mass is 79.9. The molecule has 0 aliphatic carbocycles. The summed E-state index contributed by atoms with van der Waals surface area (Å²) in [6, 6.07) is 7.34. The SMILES string of the molecule is N#Cc1cc(Br)cnc1N1CCN(Cc2ccc(F)c(F)c2)C(=O)C1. The van der Waals surface area contributed by atoms with Crippen LogP contribution in [0, 0.1) is 23.0 Å². The summed E-state index contributed by atoms with van der Waals surface area (Å²) in [6.45, 7) is 1.19. The van der Waals surface area contributed by atoms with Crippen LogP contribution in [0.1, 0.15) is 11.1 Å². The number of amides is 1. The summed E-state index contributed by atoms with van der Waals surface area (Å²) in [5.41, 5.74) is 0.913. The number of carbonyl (C=O) groups excluding carboxylic acids is 1. The normalized spacial score (nSPS) is 14.6. The van der Waals surface area contributed by atoms with Crippen LogP contribution in [0.5, 0.6) is 0 Å². The molecule has 1 amide bonds. The van der Waals surface area contributed by atoms with Crippen molar-refractivity contribution in [1.29, 1.82) is 5.26 Å². The summed E-state index contributed by atoms with van der Waals surface area (Å²) in [4.78, 5) is 20.0. The predicted octanol–water partition coefficient (Wildman–Crippen LogP) is 2.84. The van der Waals surface area contributed by atoms with Crippen LogP contribution < -0.4 is 4.90 Å². The summed E-state index contributed by atoms with van der Waals surface area (Å²) in [5, 5.41) is 9.24. The Morgan fingerprint density at radius 3 is 2.72 bits per heavy atom. The van der Waals surface area contributed by atoms with Gasteiger partial charge in [-0.15, -0.1) is 0 Å². The maximum absolute atomic E-state index is 13.3. The minimum absolute atomic E-state index is 0.0764. The number of nitrogens with zero attached hydrogens (tertiary/aromatic N) is 4. The molecule has 0 atom stereocenters. The van der Waals surface area contributed by atoms with Crippen molar-refractivity contribution in [3.05, 3.63) is 57.7 Å². The Bertz CT molecular complexity index is 868. The van der Waals surface area contributed by atoms with E-state index in [1.807, 2.05) is 0 Å². The number of carbonyl (C=O) groups is 1. The van der Waals surface area contributed by atoms with Gasteiger partial charge in [-0.25, -0.2) is 13.8 Å². The number of rotatable bonds is 3. The molecule has 128 valence electrons. The van der Waals surface area contributed by atoms with Crippen LogP contribution in [0.25, 0.3) is 0 Å². The topological polar surface area (TPSA) is 60.2 Å². The van der Waals surface area contributed by atoms with Crippen LogP contribution in [-0.4, -0.2) is 35.4 Å². The molecule has 0 radical (unpaired) electrons. The Morgan fingerprint density at radius 2 is 2.04 bits per heavy atom. The molecule has 5 nitrogen and oxygen atoms in total. The highest BCUT2D eigenvalue weighted by Gasteiger charge is 2.26. The maximum atomic E-state index is 13.3. The first kappa shape index (κ1) is 17.3. The Morgan fingerprint density at radius 1 is 1.24 bits per heavy atom. The number of hydrogen-bond acceptors (Lipinski definition) is 4. The van der Waals surface area contributed by atoms with Gasteiger partial charge in [-0.1, -0.05) is 6.07 Å². The van der Waals surface area contributed by atoms with Gasteiger partial charge < -0.3 is 9.80 Å². The Labute approximate surface area is 151 Å². The van der Waals surface area contributed by atoms with Crippen molar-refractivity contribution < 1.29 is 13.6 Å². The fourth-order valence-electron chi connectivity index (χ4n) is 2.68. The van der Waals surface area contributed by atoms with Crippen molar-refractivity contribution >= 4 is 27.7 Å². The van der Waals surface area contributed by atoms with Crippen LogP contribution in [0.3, 0.4) is 0 Å². The molecule has 25 heavy (non-hydrogen) atoms. The van der Waals surface area contributed by atoms with Crippen LogP contribution in [0.4, 0.5) is 14.6 Å². The Kier molecular flexibility index (Phi) is 4.95. The zero-order valence-corrected chi connectivity index (χ0v) is 14.6. The second-order valence-corrected chi connectivity index (χ2v) is 6.54. The Hall–Kier alpha value is -2.53. The quantitative estimate of drug-likeness (QED) is 0.786. The molecule has 0 N–H and O–H groups in total. The number of pyridine rings is 1. The lowest BCUT2D eigenvalue weighted by Gasteiger charge is -2.35. The van der Waals surface area contributed by atoms with Crippen LogP contribution in [0.2, 0.25) is 0 Å². The molecule has 1 aromatic carbocycles. The van der Waals surface area contributed by atoms with Gasteiger partial charge in [0.15, 0.2) is 11.6 Å². The van der Waals surface area contributed by atoms with E-state index in [0.717, 1.165) is 12.1 Å². The molecule has 0 spiro atoms. The molecule has 1 fully saturated rings. The van der Waals surface area contributed by atoms with Gasteiger partial charge in [0.05, 0.1) is 12.1 Å². The summed E-state index contributed by atoms with van der Waals surface area (Å²) in [6.07, 6.45) is 1.58. The van der Waals surface area contributed by atoms with Gasteiger partial charge in [0, 0.05) is 30.3 Å². The summed E-state index contributed by atoms with van der Waals surface area (Å²) >= 11 is 3.27. The lowest BCUT2D eigenvalue weighted by Crippen LogP contribution is -2.50. The summed E-state index contributed by atoms with van der Waals surface area (Å²) in [7, 11) is 0. The van der Waals surface area contributed by atoms with Gasteiger partial charge in [0.1, 0.15) is 11.9 Å². The number of nitriles is 1. The minimum Gasteiger partial charge on any atom is -0.344 e. The molecule has 3 rings (SSSR count). The number of benzene rings is 1. The number of anilines is 1. The standard InChI is InChI=1S/C17H13BrF2N4O/c18-13-6-12(7-21)17(22-8-13)24-4-3-23(16(25)10-24)9-11-1-2-14(19)15(20)5-11/h1-2,5-6,8H,3-4,9-10H2.